The van der Waals surface area contributed by atoms with Crippen molar-refractivity contribution in [3.63, 3.8) is 0 Å². The number of ether oxygens (including phenoxy) is 1. The van der Waals surface area contributed by atoms with Gasteiger partial charge in [0.15, 0.2) is 9.84 Å². The third-order valence-electron chi connectivity index (χ3n) is 4.65. The highest BCUT2D eigenvalue weighted by Gasteiger charge is 2.35. The summed E-state index contributed by atoms with van der Waals surface area (Å²) in [6.45, 7) is 0.867. The van der Waals surface area contributed by atoms with Gasteiger partial charge in [0, 0.05) is 24.6 Å². The van der Waals surface area contributed by atoms with Crippen LogP contribution in [0.4, 0.5) is 0 Å². The fourth-order valence-electron chi connectivity index (χ4n) is 3.40. The zero-order chi connectivity index (χ0) is 16.4. The lowest BCUT2D eigenvalue weighted by molar-refractivity contribution is 0.0629. The Morgan fingerprint density at radius 2 is 2.17 bits per heavy atom. The summed E-state index contributed by atoms with van der Waals surface area (Å²) in [6.07, 6.45) is 5.02. The molecule has 0 radical (unpaired) electrons. The third-order valence-corrected chi connectivity index (χ3v) is 7.63. The molecule has 5 nitrogen and oxygen atoms in total. The molecule has 1 fully saturated rings. The van der Waals surface area contributed by atoms with Crippen LogP contribution in [0.1, 0.15) is 39.4 Å². The molecule has 1 amide bonds. The van der Waals surface area contributed by atoms with Gasteiger partial charge in [-0.25, -0.2) is 8.42 Å². The van der Waals surface area contributed by atoms with Crippen molar-refractivity contribution in [2.24, 2.45) is 0 Å². The van der Waals surface area contributed by atoms with Gasteiger partial charge in [-0.1, -0.05) is 0 Å². The molecule has 1 aliphatic heterocycles. The van der Waals surface area contributed by atoms with Crippen LogP contribution in [0, 0.1) is 0 Å². The van der Waals surface area contributed by atoms with E-state index in [1.54, 1.807) is 23.3 Å². The fraction of sp³-hybridized carbons (Fsp3) is 0.688. The standard InChI is InChI=1S/C16H23NO4S2/c1-21-8-7-17(13-6-9-23(19,20)11-13)16(18)15-10-12-4-2-3-5-14(12)22-15/h10,13H,2-9,11H2,1H3. The summed E-state index contributed by atoms with van der Waals surface area (Å²) in [5.41, 5.74) is 1.30. The van der Waals surface area contributed by atoms with Gasteiger partial charge in [0.25, 0.3) is 5.91 Å². The van der Waals surface area contributed by atoms with Crippen molar-refractivity contribution in [1.82, 2.24) is 4.90 Å². The first-order valence-corrected chi connectivity index (χ1v) is 10.8. The summed E-state index contributed by atoms with van der Waals surface area (Å²) in [5.74, 6) is 0.215. The van der Waals surface area contributed by atoms with E-state index in [9.17, 15) is 13.2 Å². The largest absolute Gasteiger partial charge is 0.383 e. The van der Waals surface area contributed by atoms with Crippen molar-refractivity contribution in [3.8, 4) is 0 Å². The molecule has 0 bridgehead atoms. The van der Waals surface area contributed by atoms with Crippen LogP contribution < -0.4 is 0 Å². The second-order valence-electron chi connectivity index (χ2n) is 6.31. The SMILES string of the molecule is COCCN(C(=O)c1cc2c(s1)CCCC2)C1CCS(=O)(=O)C1. The molecule has 23 heavy (non-hydrogen) atoms. The first kappa shape index (κ1) is 16.9. The molecule has 1 atom stereocenters. The quantitative estimate of drug-likeness (QED) is 0.807. The van der Waals surface area contributed by atoms with Crippen LogP contribution in [-0.4, -0.2) is 57.0 Å². The van der Waals surface area contributed by atoms with Crippen molar-refractivity contribution in [2.45, 2.75) is 38.1 Å². The van der Waals surface area contributed by atoms with Crippen molar-refractivity contribution in [1.29, 1.82) is 0 Å². The van der Waals surface area contributed by atoms with Crippen LogP contribution in [0.3, 0.4) is 0 Å². The molecule has 1 unspecified atom stereocenters. The van der Waals surface area contributed by atoms with E-state index in [1.807, 2.05) is 6.07 Å². The molecule has 2 aliphatic rings. The molecule has 3 rings (SSSR count). The highest BCUT2D eigenvalue weighted by Crippen LogP contribution is 2.31. The maximum Gasteiger partial charge on any atom is 0.264 e. The summed E-state index contributed by atoms with van der Waals surface area (Å²) >= 11 is 1.58. The van der Waals surface area contributed by atoms with E-state index >= 15 is 0 Å². The minimum Gasteiger partial charge on any atom is -0.383 e. The number of hydrogen-bond donors (Lipinski definition) is 0. The van der Waals surface area contributed by atoms with E-state index in [4.69, 9.17) is 4.74 Å². The number of carbonyl (C=O) groups is 1. The van der Waals surface area contributed by atoms with Crippen molar-refractivity contribution in [3.05, 3.63) is 21.4 Å². The Morgan fingerprint density at radius 3 is 2.83 bits per heavy atom. The van der Waals surface area contributed by atoms with Gasteiger partial charge in [0.2, 0.25) is 0 Å². The first-order chi connectivity index (χ1) is 11.0. The number of fused-ring (bicyclic) bond motifs is 1. The van der Waals surface area contributed by atoms with Gasteiger partial charge in [0.05, 0.1) is 23.0 Å². The molecule has 0 spiro atoms. The maximum atomic E-state index is 13.0. The minimum absolute atomic E-state index is 0.0384. The second-order valence-corrected chi connectivity index (χ2v) is 9.68. The van der Waals surface area contributed by atoms with Crippen LogP contribution >= 0.6 is 11.3 Å². The summed E-state index contributed by atoms with van der Waals surface area (Å²) in [5, 5.41) is 0. The maximum absolute atomic E-state index is 13.0. The topological polar surface area (TPSA) is 63.7 Å². The van der Waals surface area contributed by atoms with Crippen molar-refractivity contribution >= 4 is 27.1 Å². The van der Waals surface area contributed by atoms with Crippen LogP contribution in [0.5, 0.6) is 0 Å². The zero-order valence-corrected chi connectivity index (χ0v) is 15.0. The molecular formula is C16H23NO4S2. The van der Waals surface area contributed by atoms with Crippen LogP contribution in [0.2, 0.25) is 0 Å². The number of methoxy groups -OCH3 is 1. The van der Waals surface area contributed by atoms with E-state index < -0.39 is 9.84 Å². The number of amides is 1. The Hall–Kier alpha value is -0.920. The van der Waals surface area contributed by atoms with E-state index in [2.05, 4.69) is 0 Å². The van der Waals surface area contributed by atoms with Crippen molar-refractivity contribution in [2.75, 3.05) is 31.8 Å². The average Bonchev–Trinajstić information content (AvgIpc) is 3.10. The number of rotatable bonds is 5. The van der Waals surface area contributed by atoms with E-state index in [-0.39, 0.29) is 23.5 Å². The lowest BCUT2D eigenvalue weighted by Crippen LogP contribution is -2.42. The van der Waals surface area contributed by atoms with Crippen molar-refractivity contribution < 1.29 is 17.9 Å². The Morgan fingerprint density at radius 1 is 1.39 bits per heavy atom. The number of nitrogens with zero attached hydrogens (tertiary/aromatic N) is 1. The number of aryl methyl sites for hydroxylation is 2. The normalized spacial score (nSPS) is 22.7. The van der Waals surface area contributed by atoms with Gasteiger partial charge in [0.1, 0.15) is 0 Å². The van der Waals surface area contributed by atoms with Gasteiger partial charge >= 0.3 is 0 Å². The lowest BCUT2D eigenvalue weighted by atomic mass is 9.99. The van der Waals surface area contributed by atoms with E-state index in [1.165, 1.54) is 23.3 Å². The van der Waals surface area contributed by atoms with Gasteiger partial charge < -0.3 is 9.64 Å². The molecule has 0 saturated carbocycles. The first-order valence-electron chi connectivity index (χ1n) is 8.12. The summed E-state index contributed by atoms with van der Waals surface area (Å²) < 4.78 is 28.7. The summed E-state index contributed by atoms with van der Waals surface area (Å²) in [6, 6.07) is 1.80. The van der Waals surface area contributed by atoms with Gasteiger partial charge in [-0.2, -0.15) is 0 Å². The Labute approximate surface area is 141 Å². The predicted octanol–water partition coefficient (Wildman–Crippen LogP) is 1.90. The highest BCUT2D eigenvalue weighted by molar-refractivity contribution is 7.91. The molecule has 0 N–H and O–H groups in total. The van der Waals surface area contributed by atoms with Crippen LogP contribution in [0.25, 0.3) is 0 Å². The number of thiophene rings is 1. The van der Waals surface area contributed by atoms with Crippen LogP contribution in [0.15, 0.2) is 6.07 Å². The predicted molar refractivity (Wildman–Crippen MR) is 90.9 cm³/mol. The molecule has 2 heterocycles. The summed E-state index contributed by atoms with van der Waals surface area (Å²) in [4.78, 5) is 16.7. The summed E-state index contributed by atoms with van der Waals surface area (Å²) in [7, 11) is -1.42. The fourth-order valence-corrected chi connectivity index (χ4v) is 6.34. The molecule has 128 valence electrons. The minimum atomic E-state index is -3.01. The van der Waals surface area contributed by atoms with E-state index in [0.29, 0.717) is 19.6 Å². The number of sulfone groups is 1. The molecule has 1 saturated heterocycles. The van der Waals surface area contributed by atoms with Crippen LogP contribution in [-0.2, 0) is 27.4 Å². The van der Waals surface area contributed by atoms with Gasteiger partial charge in [-0.3, -0.25) is 4.79 Å². The lowest BCUT2D eigenvalue weighted by Gasteiger charge is -2.27. The zero-order valence-electron chi connectivity index (χ0n) is 13.4. The van der Waals surface area contributed by atoms with Gasteiger partial charge in [-0.15, -0.1) is 11.3 Å². The number of carbonyl (C=O) groups excluding carboxylic acids is 1. The number of hydrogen-bond acceptors (Lipinski definition) is 5. The second kappa shape index (κ2) is 6.91. The molecule has 0 aromatic carbocycles. The monoisotopic (exact) mass is 357 g/mol. The third kappa shape index (κ3) is 3.78. The highest BCUT2D eigenvalue weighted by atomic mass is 32.2. The molecule has 1 aromatic rings. The van der Waals surface area contributed by atoms with Gasteiger partial charge in [-0.05, 0) is 43.7 Å². The molecule has 1 aromatic heterocycles. The molecule has 1 aliphatic carbocycles. The Bertz CT molecular complexity index is 657. The average molecular weight is 357 g/mol. The molecule has 7 heteroatoms. The smallest absolute Gasteiger partial charge is 0.264 e. The van der Waals surface area contributed by atoms with E-state index in [0.717, 1.165) is 17.7 Å². The molecular weight excluding hydrogens is 334 g/mol. The Kier molecular flexibility index (Phi) is 5.08. The Balaban J connectivity index is 1.81.